The topological polar surface area (TPSA) is 38.9 Å². The number of pyridine rings is 2. The zero-order valence-corrected chi connectivity index (χ0v) is 33.6. The van der Waals surface area contributed by atoms with Gasteiger partial charge in [0.15, 0.2) is 0 Å². The largest absolute Gasteiger partial charge is 0.500 e. The molecule has 1 unspecified atom stereocenters. The van der Waals surface area contributed by atoms with Crippen LogP contribution in [0.2, 0.25) is 19.6 Å². The van der Waals surface area contributed by atoms with Crippen molar-refractivity contribution < 1.29 is 41.2 Å². The van der Waals surface area contributed by atoms with Crippen molar-refractivity contribution >= 4 is 35.2 Å². The fraction of sp³-hybridized carbons (Fsp3) is 0.277. The number of aromatic nitrogens is 2. The van der Waals surface area contributed by atoms with E-state index in [0.29, 0.717) is 28.1 Å². The molecular formula is C47H47FIrN2OSi-2. The molecule has 3 aromatic heterocycles. The molecule has 3 nitrogen and oxygen atoms in total. The molecule has 0 N–H and O–H groups in total. The molecule has 6 heteroatoms. The van der Waals surface area contributed by atoms with Gasteiger partial charge in [0, 0.05) is 61.9 Å². The van der Waals surface area contributed by atoms with Gasteiger partial charge in [0.25, 0.3) is 0 Å². The minimum absolute atomic E-state index is 0. The van der Waals surface area contributed by atoms with E-state index in [1.165, 1.54) is 6.07 Å². The second kappa shape index (κ2) is 16.4. The molecule has 1 saturated carbocycles. The first-order chi connectivity index (χ1) is 28.5. The van der Waals surface area contributed by atoms with Crippen LogP contribution in [0.4, 0.5) is 4.39 Å². The first-order valence-corrected chi connectivity index (χ1v) is 21.2. The monoisotopic (exact) mass is 904 g/mol. The normalized spacial score (nSPS) is 17.6. The Labute approximate surface area is 341 Å². The van der Waals surface area contributed by atoms with Crippen LogP contribution in [0, 0.1) is 37.6 Å². The van der Waals surface area contributed by atoms with Crippen molar-refractivity contribution in [2.45, 2.75) is 78.2 Å². The SMILES string of the molecule is [2H]C([2H])([2H])c1c[c-]c(-c2cc(C([2H])(C)c3ccccc3)c([Si](C)(C)C)cn2)c(F)c1.[2H]C([2H])([2H])c1ccc2oc3c[c-]c(-c4cc(C([2H])([2H])C5CCCC5)ccn4)cc3c2c1.[Ir]. The van der Waals surface area contributed by atoms with Crippen LogP contribution in [0.1, 0.15) is 78.7 Å². The zero-order chi connectivity index (χ0) is 44.1. The summed E-state index contributed by atoms with van der Waals surface area (Å²) in [5.41, 5.74) is 5.48. The number of rotatable bonds is 7. The second-order valence-electron chi connectivity index (χ2n) is 14.5. The molecule has 0 bridgehead atoms. The molecule has 0 aliphatic heterocycles. The molecule has 8 rings (SSSR count). The average Bonchev–Trinajstić information content (AvgIpc) is 3.89. The van der Waals surface area contributed by atoms with Gasteiger partial charge in [-0.1, -0.05) is 130 Å². The number of aryl methyl sites for hydroxylation is 2. The number of nitrogens with zero attached hydrogens (tertiary/aromatic N) is 2. The Balaban J connectivity index is 0.000000204. The van der Waals surface area contributed by atoms with Gasteiger partial charge in [-0.05, 0) is 65.0 Å². The molecular weight excluding hydrogens is 848 g/mol. The molecule has 4 aromatic carbocycles. The summed E-state index contributed by atoms with van der Waals surface area (Å²) in [6, 6.07) is 31.7. The minimum Gasteiger partial charge on any atom is -0.500 e. The van der Waals surface area contributed by atoms with E-state index in [1.807, 2.05) is 49.4 Å². The Morgan fingerprint density at radius 2 is 1.66 bits per heavy atom. The first-order valence-electron chi connectivity index (χ1n) is 22.2. The Kier molecular flexibility index (Phi) is 8.76. The summed E-state index contributed by atoms with van der Waals surface area (Å²) in [5.74, 6) is -1.71. The van der Waals surface area contributed by atoms with Crippen molar-refractivity contribution in [2.24, 2.45) is 5.92 Å². The molecule has 273 valence electrons. The third kappa shape index (κ3) is 8.78. The summed E-state index contributed by atoms with van der Waals surface area (Å²) in [5, 5.41) is 2.56. The molecule has 3 heterocycles. The van der Waals surface area contributed by atoms with Crippen molar-refractivity contribution in [1.29, 1.82) is 0 Å². The third-order valence-corrected chi connectivity index (χ3v) is 11.7. The van der Waals surface area contributed by atoms with E-state index < -0.39 is 39.9 Å². The van der Waals surface area contributed by atoms with Crippen molar-refractivity contribution in [1.82, 2.24) is 9.97 Å². The Morgan fingerprint density at radius 1 is 0.887 bits per heavy atom. The number of hydrogen-bond donors (Lipinski definition) is 0. The van der Waals surface area contributed by atoms with E-state index in [0.717, 1.165) is 64.4 Å². The van der Waals surface area contributed by atoms with Crippen LogP contribution in [0.15, 0.2) is 108 Å². The summed E-state index contributed by atoms with van der Waals surface area (Å²) >= 11 is 0. The van der Waals surface area contributed by atoms with Gasteiger partial charge in [0.05, 0.1) is 13.7 Å². The van der Waals surface area contributed by atoms with E-state index in [2.05, 4.69) is 41.7 Å². The minimum atomic E-state index is -2.40. The molecule has 1 atom stereocenters. The summed E-state index contributed by atoms with van der Waals surface area (Å²) in [6.07, 6.45) is 5.99. The third-order valence-electron chi connectivity index (χ3n) is 9.64. The number of furan rings is 1. The van der Waals surface area contributed by atoms with Crippen molar-refractivity contribution in [2.75, 3.05) is 0 Å². The molecule has 53 heavy (non-hydrogen) atoms. The van der Waals surface area contributed by atoms with E-state index in [-0.39, 0.29) is 42.7 Å². The molecule has 1 radical (unpaired) electrons. The number of hydrogen-bond acceptors (Lipinski definition) is 3. The maximum absolute atomic E-state index is 14.8. The molecule has 1 aliphatic rings. The molecule has 7 aromatic rings. The molecule has 1 fully saturated rings. The van der Waals surface area contributed by atoms with Gasteiger partial charge < -0.3 is 14.4 Å². The summed E-state index contributed by atoms with van der Waals surface area (Å²) in [6.45, 7) is 3.81. The number of benzene rings is 4. The smallest absolute Gasteiger partial charge is 0.120 e. The van der Waals surface area contributed by atoms with Gasteiger partial charge >= 0.3 is 0 Å². The van der Waals surface area contributed by atoms with Crippen LogP contribution in [-0.2, 0) is 26.5 Å². The predicted molar refractivity (Wildman–Crippen MR) is 216 cm³/mol. The summed E-state index contributed by atoms with van der Waals surface area (Å²) in [4.78, 5) is 8.93. The van der Waals surface area contributed by atoms with Gasteiger partial charge in [0.1, 0.15) is 5.58 Å². The Morgan fingerprint density at radius 3 is 2.40 bits per heavy atom. The van der Waals surface area contributed by atoms with Gasteiger partial charge in [-0.3, -0.25) is 4.39 Å². The van der Waals surface area contributed by atoms with Crippen molar-refractivity contribution in [3.8, 4) is 22.5 Å². The predicted octanol–water partition coefficient (Wildman–Crippen LogP) is 12.2. The Hall–Kier alpha value is -4.22. The van der Waals surface area contributed by atoms with Crippen LogP contribution >= 0.6 is 0 Å². The average molecular weight is 904 g/mol. The van der Waals surface area contributed by atoms with Crippen molar-refractivity contribution in [3.05, 3.63) is 149 Å². The summed E-state index contributed by atoms with van der Waals surface area (Å²) < 4.78 is 92.6. The summed E-state index contributed by atoms with van der Waals surface area (Å²) in [7, 11) is -1.85. The van der Waals surface area contributed by atoms with Gasteiger partial charge in [-0.15, -0.1) is 47.5 Å². The zero-order valence-electron chi connectivity index (χ0n) is 39.2. The maximum atomic E-state index is 14.8. The van der Waals surface area contributed by atoms with Gasteiger partial charge in [-0.25, -0.2) is 0 Å². The fourth-order valence-corrected chi connectivity index (χ4v) is 8.37. The maximum Gasteiger partial charge on any atom is 0.120 e. The van der Waals surface area contributed by atoms with E-state index in [4.69, 9.17) is 15.4 Å². The standard InChI is InChI=1S/C24H22NO.C23H25FNSi.Ir/c1-16-6-8-23-20(12-16)21-15-19(7-9-24(21)26-23)22-14-18(10-11-25-22)13-17-4-2-3-5-17;1-16-11-12-19(21(24)13-16)22-14-20(23(15-25-22)26(3,4)5)17(2)18-9-7-6-8-10-18;/h6,8-12,14-15,17H,2-5,13H2,1H3;6-11,13-15,17H,1-5H3;/q2*-1;/i1D3,13D2;1D3,17D;. The van der Waals surface area contributed by atoms with Crippen LogP contribution < -0.4 is 5.19 Å². The molecule has 0 spiro atoms. The van der Waals surface area contributed by atoms with Gasteiger partial charge in [0.2, 0.25) is 0 Å². The first kappa shape index (κ1) is 28.3. The van der Waals surface area contributed by atoms with E-state index in [1.54, 1.807) is 48.8 Å². The number of fused-ring (bicyclic) bond motifs is 3. The van der Waals surface area contributed by atoms with E-state index >= 15 is 0 Å². The van der Waals surface area contributed by atoms with Crippen LogP contribution in [-0.4, -0.2) is 18.0 Å². The van der Waals surface area contributed by atoms with Crippen LogP contribution in [0.3, 0.4) is 0 Å². The number of halogens is 1. The molecule has 0 saturated heterocycles. The quantitative estimate of drug-likeness (QED) is 0.118. The molecule has 0 amide bonds. The Bertz CT molecular complexity index is 2710. The fourth-order valence-electron chi connectivity index (χ4n) is 6.85. The van der Waals surface area contributed by atoms with Crippen molar-refractivity contribution in [3.63, 3.8) is 0 Å². The van der Waals surface area contributed by atoms with Crippen LogP contribution in [0.5, 0.6) is 0 Å². The molecule has 1 aliphatic carbocycles. The van der Waals surface area contributed by atoms with Gasteiger partial charge in [-0.2, -0.15) is 0 Å². The second-order valence-corrected chi connectivity index (χ2v) is 19.5. The van der Waals surface area contributed by atoms with Crippen LogP contribution in [0.25, 0.3) is 44.5 Å². The van der Waals surface area contributed by atoms with E-state index in [9.17, 15) is 5.76 Å².